The highest BCUT2D eigenvalue weighted by Crippen LogP contribution is 2.26. The predicted octanol–water partition coefficient (Wildman–Crippen LogP) is 3.47. The van der Waals surface area contributed by atoms with E-state index < -0.39 is 17.8 Å². The van der Waals surface area contributed by atoms with Gasteiger partial charge in [0.05, 0.1) is 0 Å². The first-order chi connectivity index (χ1) is 14.6. The second-order valence-corrected chi connectivity index (χ2v) is 9.42. The lowest BCUT2D eigenvalue weighted by Crippen LogP contribution is -2.54. The quantitative estimate of drug-likeness (QED) is 0.716. The van der Waals surface area contributed by atoms with Crippen LogP contribution in [0.15, 0.2) is 24.3 Å². The Balaban J connectivity index is 2.12. The van der Waals surface area contributed by atoms with Gasteiger partial charge in [0.1, 0.15) is 11.9 Å². The van der Waals surface area contributed by atoms with Gasteiger partial charge < -0.3 is 15.1 Å². The summed E-state index contributed by atoms with van der Waals surface area (Å²) in [5.74, 6) is -0.847. The molecule has 1 fully saturated rings. The van der Waals surface area contributed by atoms with E-state index in [1.165, 1.54) is 24.3 Å². The number of nitrogens with one attached hydrogen (secondary N) is 1. The molecule has 1 atom stereocenters. The summed E-state index contributed by atoms with van der Waals surface area (Å²) >= 11 is 0. The molecule has 1 aliphatic heterocycles. The predicted molar refractivity (Wildman–Crippen MR) is 119 cm³/mol. The van der Waals surface area contributed by atoms with Gasteiger partial charge in [0, 0.05) is 38.2 Å². The summed E-state index contributed by atoms with van der Waals surface area (Å²) in [6.07, 6.45) is 1.79. The SMILES string of the molecule is CCN(CC)C(=O)C(NC(=O)c1ccc(F)cc1)C1CCN(C(=O)CC(C)(C)C)CC1. The number of carbonyl (C=O) groups is 3. The van der Waals surface area contributed by atoms with Crippen molar-refractivity contribution >= 4 is 17.7 Å². The second-order valence-electron chi connectivity index (χ2n) is 9.42. The molecule has 2 rings (SSSR count). The number of rotatable bonds is 7. The highest BCUT2D eigenvalue weighted by molar-refractivity contribution is 5.97. The number of likely N-dealkylation sites (N-methyl/N-ethyl adjacent to an activating group) is 1. The Hall–Kier alpha value is -2.44. The second kappa shape index (κ2) is 10.7. The Bertz CT molecular complexity index is 761. The number of halogens is 1. The molecule has 7 heteroatoms. The van der Waals surface area contributed by atoms with Crippen molar-refractivity contribution in [2.45, 2.75) is 59.9 Å². The average Bonchev–Trinajstić information content (AvgIpc) is 2.72. The van der Waals surface area contributed by atoms with Crippen molar-refractivity contribution in [1.82, 2.24) is 15.1 Å². The van der Waals surface area contributed by atoms with Crippen LogP contribution in [0, 0.1) is 17.2 Å². The van der Waals surface area contributed by atoms with Gasteiger partial charge in [-0.3, -0.25) is 14.4 Å². The summed E-state index contributed by atoms with van der Waals surface area (Å²) in [6.45, 7) is 12.2. The number of nitrogens with zero attached hydrogens (tertiary/aromatic N) is 2. The Labute approximate surface area is 185 Å². The van der Waals surface area contributed by atoms with Gasteiger partial charge in [-0.2, -0.15) is 0 Å². The third-order valence-corrected chi connectivity index (χ3v) is 5.78. The number of benzene rings is 1. The molecule has 0 saturated carbocycles. The van der Waals surface area contributed by atoms with Crippen LogP contribution < -0.4 is 5.32 Å². The van der Waals surface area contributed by atoms with Crippen molar-refractivity contribution < 1.29 is 18.8 Å². The highest BCUT2D eigenvalue weighted by atomic mass is 19.1. The molecule has 0 bridgehead atoms. The zero-order valence-electron chi connectivity index (χ0n) is 19.4. The largest absolute Gasteiger partial charge is 0.343 e. The summed E-state index contributed by atoms with van der Waals surface area (Å²) in [5.41, 5.74) is 0.245. The maximum absolute atomic E-state index is 13.2. The topological polar surface area (TPSA) is 69.7 Å². The van der Waals surface area contributed by atoms with E-state index in [0.29, 0.717) is 51.0 Å². The van der Waals surface area contributed by atoms with Crippen molar-refractivity contribution in [1.29, 1.82) is 0 Å². The van der Waals surface area contributed by atoms with E-state index in [4.69, 9.17) is 0 Å². The summed E-state index contributed by atoms with van der Waals surface area (Å²) < 4.78 is 13.2. The van der Waals surface area contributed by atoms with Crippen LogP contribution >= 0.6 is 0 Å². The van der Waals surface area contributed by atoms with Crippen LogP contribution in [0.1, 0.15) is 64.2 Å². The van der Waals surface area contributed by atoms with Crippen molar-refractivity contribution in [2.24, 2.45) is 11.3 Å². The van der Waals surface area contributed by atoms with Gasteiger partial charge in [-0.1, -0.05) is 20.8 Å². The van der Waals surface area contributed by atoms with E-state index >= 15 is 0 Å². The number of hydrogen-bond acceptors (Lipinski definition) is 3. The first-order valence-corrected chi connectivity index (χ1v) is 11.2. The lowest BCUT2D eigenvalue weighted by molar-refractivity contribution is -0.136. The molecule has 0 spiro atoms. The number of hydrogen-bond donors (Lipinski definition) is 1. The molecule has 0 aromatic heterocycles. The molecule has 3 amide bonds. The summed E-state index contributed by atoms with van der Waals surface area (Å²) in [6, 6.07) is 4.62. The van der Waals surface area contributed by atoms with Crippen LogP contribution in [-0.4, -0.2) is 59.7 Å². The fraction of sp³-hybridized carbons (Fsp3) is 0.625. The minimum absolute atomic E-state index is 0.0591. The van der Waals surface area contributed by atoms with E-state index in [1.54, 1.807) is 4.90 Å². The van der Waals surface area contributed by atoms with Crippen molar-refractivity contribution in [3.8, 4) is 0 Å². The first kappa shape index (κ1) is 24.8. The van der Waals surface area contributed by atoms with E-state index in [1.807, 2.05) is 39.5 Å². The van der Waals surface area contributed by atoms with E-state index in [0.717, 1.165) is 0 Å². The fourth-order valence-electron chi connectivity index (χ4n) is 3.99. The lowest BCUT2D eigenvalue weighted by Gasteiger charge is -2.38. The van der Waals surface area contributed by atoms with Crippen molar-refractivity contribution in [3.63, 3.8) is 0 Å². The molecule has 0 radical (unpaired) electrons. The molecule has 0 aliphatic carbocycles. The Morgan fingerprint density at radius 2 is 1.65 bits per heavy atom. The van der Waals surface area contributed by atoms with Gasteiger partial charge in [-0.25, -0.2) is 4.39 Å². The van der Waals surface area contributed by atoms with E-state index in [2.05, 4.69) is 5.32 Å². The molecular formula is C24H36FN3O3. The van der Waals surface area contributed by atoms with E-state index in [-0.39, 0.29) is 23.1 Å². The van der Waals surface area contributed by atoms with Gasteiger partial charge >= 0.3 is 0 Å². The standard InChI is InChI=1S/C24H36FN3O3/c1-6-27(7-2)23(31)21(26-22(30)18-8-10-19(25)11-9-18)17-12-14-28(15-13-17)20(29)16-24(3,4)5/h8-11,17,21H,6-7,12-16H2,1-5H3,(H,26,30). The molecule has 1 aromatic rings. The summed E-state index contributed by atoms with van der Waals surface area (Å²) in [7, 11) is 0. The number of piperidine rings is 1. The van der Waals surface area contributed by atoms with Crippen LogP contribution in [-0.2, 0) is 9.59 Å². The molecule has 1 N–H and O–H groups in total. The normalized spacial score (nSPS) is 16.0. The molecule has 6 nitrogen and oxygen atoms in total. The molecular weight excluding hydrogens is 397 g/mol. The molecule has 1 aromatic carbocycles. The van der Waals surface area contributed by atoms with Crippen LogP contribution in [0.5, 0.6) is 0 Å². The zero-order chi connectivity index (χ0) is 23.2. The number of amides is 3. The minimum atomic E-state index is -0.669. The van der Waals surface area contributed by atoms with Crippen LogP contribution in [0.25, 0.3) is 0 Å². The van der Waals surface area contributed by atoms with Crippen LogP contribution in [0.3, 0.4) is 0 Å². The minimum Gasteiger partial charge on any atom is -0.343 e. The zero-order valence-corrected chi connectivity index (χ0v) is 19.4. The summed E-state index contributed by atoms with van der Waals surface area (Å²) in [4.78, 5) is 42.1. The van der Waals surface area contributed by atoms with Crippen molar-refractivity contribution in [3.05, 3.63) is 35.6 Å². The Kier molecular flexibility index (Phi) is 8.60. The molecule has 31 heavy (non-hydrogen) atoms. The maximum Gasteiger partial charge on any atom is 0.251 e. The monoisotopic (exact) mass is 433 g/mol. The smallest absolute Gasteiger partial charge is 0.251 e. The maximum atomic E-state index is 13.2. The third kappa shape index (κ3) is 7.04. The Morgan fingerprint density at radius 1 is 1.10 bits per heavy atom. The van der Waals surface area contributed by atoms with Gasteiger partial charge in [0.25, 0.3) is 5.91 Å². The fourth-order valence-corrected chi connectivity index (χ4v) is 3.99. The average molecular weight is 434 g/mol. The lowest BCUT2D eigenvalue weighted by atomic mass is 9.86. The van der Waals surface area contributed by atoms with Gasteiger partial charge in [-0.05, 0) is 62.3 Å². The third-order valence-electron chi connectivity index (χ3n) is 5.78. The van der Waals surface area contributed by atoms with Crippen molar-refractivity contribution in [2.75, 3.05) is 26.2 Å². The van der Waals surface area contributed by atoms with Crippen LogP contribution in [0.2, 0.25) is 0 Å². The van der Waals surface area contributed by atoms with Gasteiger partial charge in [0.15, 0.2) is 0 Å². The van der Waals surface area contributed by atoms with Crippen LogP contribution in [0.4, 0.5) is 4.39 Å². The number of carbonyl (C=O) groups excluding carboxylic acids is 3. The number of likely N-dealkylation sites (tertiary alicyclic amines) is 1. The first-order valence-electron chi connectivity index (χ1n) is 11.2. The molecule has 1 aliphatic rings. The van der Waals surface area contributed by atoms with Gasteiger partial charge in [-0.15, -0.1) is 0 Å². The highest BCUT2D eigenvalue weighted by Gasteiger charge is 2.36. The molecule has 1 unspecified atom stereocenters. The van der Waals surface area contributed by atoms with Gasteiger partial charge in [0.2, 0.25) is 11.8 Å². The molecule has 172 valence electrons. The van der Waals surface area contributed by atoms with E-state index in [9.17, 15) is 18.8 Å². The molecule has 1 saturated heterocycles. The Morgan fingerprint density at radius 3 is 2.13 bits per heavy atom. The summed E-state index contributed by atoms with van der Waals surface area (Å²) in [5, 5.41) is 2.90. The molecule has 1 heterocycles.